The minimum atomic E-state index is -2.93. The number of hydrogen-bond donors (Lipinski definition) is 0. The highest BCUT2D eigenvalue weighted by atomic mass is 19.3. The summed E-state index contributed by atoms with van der Waals surface area (Å²) in [5.41, 5.74) is 7.88. The van der Waals surface area contributed by atoms with Gasteiger partial charge in [-0.15, -0.1) is 0 Å². The molecule has 0 atom stereocenters. The second kappa shape index (κ2) is 9.03. The van der Waals surface area contributed by atoms with Crippen molar-refractivity contribution in [2.75, 3.05) is 0 Å². The Morgan fingerprint density at radius 3 is 2.34 bits per heavy atom. The van der Waals surface area contributed by atoms with Gasteiger partial charge in [0.05, 0.1) is 16.7 Å². The van der Waals surface area contributed by atoms with Gasteiger partial charge in [0.15, 0.2) is 5.65 Å². The van der Waals surface area contributed by atoms with Gasteiger partial charge in [-0.25, -0.2) is 4.98 Å². The first-order chi connectivity index (χ1) is 16.9. The minimum Gasteiger partial charge on any atom is -0.434 e. The summed E-state index contributed by atoms with van der Waals surface area (Å²) in [6.07, 6.45) is 3.43. The molecule has 35 heavy (non-hydrogen) atoms. The lowest BCUT2D eigenvalue weighted by molar-refractivity contribution is -0.0499. The minimum absolute atomic E-state index is 0.0689. The number of ether oxygens (including phenoxy) is 1. The van der Waals surface area contributed by atoms with Gasteiger partial charge in [-0.1, -0.05) is 59.7 Å². The first-order valence-corrected chi connectivity index (χ1v) is 11.1. The molecule has 0 bridgehead atoms. The van der Waals surface area contributed by atoms with Crippen LogP contribution < -0.4 is 4.74 Å². The molecule has 0 N–H and O–H groups in total. The van der Waals surface area contributed by atoms with Crippen LogP contribution in [0.15, 0.2) is 72.8 Å². The molecule has 0 radical (unpaired) electrons. The van der Waals surface area contributed by atoms with Crippen LogP contribution in [0.25, 0.3) is 40.1 Å². The van der Waals surface area contributed by atoms with Gasteiger partial charge in [0.1, 0.15) is 17.4 Å². The van der Waals surface area contributed by atoms with Crippen LogP contribution in [0.5, 0.6) is 5.75 Å². The molecule has 0 aliphatic heterocycles. The Bertz CT molecular complexity index is 1620. The Labute approximate surface area is 201 Å². The topological polar surface area (TPSA) is 50.3 Å². The number of nitrogens with zero attached hydrogens (tertiary/aromatic N) is 3. The summed E-state index contributed by atoms with van der Waals surface area (Å²) in [5, 5.41) is 10.1. The largest absolute Gasteiger partial charge is 0.434 e. The molecule has 0 unspecified atom stereocenters. The molecule has 5 aromatic rings. The standard InChI is InChI=1S/C29H21F2N3O/c1-18-13-19(2)15-22(14-18)26-16-21(12-11-20-7-3-6-10-27(20)35-29(30)31)23(17-32)28-33-24-8-4-5-9-25(24)34(26)28/h3-16,29H,1-2H3. The molecule has 5 rings (SSSR count). The van der Waals surface area contributed by atoms with E-state index in [2.05, 4.69) is 29.0 Å². The average Bonchev–Trinajstić information content (AvgIpc) is 3.21. The van der Waals surface area contributed by atoms with Crippen molar-refractivity contribution in [1.82, 2.24) is 9.38 Å². The number of pyridine rings is 1. The number of para-hydroxylation sites is 3. The van der Waals surface area contributed by atoms with E-state index < -0.39 is 6.61 Å². The number of nitriles is 1. The van der Waals surface area contributed by atoms with Gasteiger partial charge in [-0.3, -0.25) is 4.40 Å². The summed E-state index contributed by atoms with van der Waals surface area (Å²) < 4.78 is 32.4. The van der Waals surface area contributed by atoms with Gasteiger partial charge in [0.25, 0.3) is 0 Å². The molecule has 0 aliphatic carbocycles. The normalized spacial score (nSPS) is 11.5. The van der Waals surface area contributed by atoms with Gasteiger partial charge in [0, 0.05) is 5.56 Å². The maximum Gasteiger partial charge on any atom is 0.387 e. The van der Waals surface area contributed by atoms with E-state index in [1.807, 2.05) is 48.6 Å². The zero-order chi connectivity index (χ0) is 24.5. The van der Waals surface area contributed by atoms with Gasteiger partial charge in [-0.05, 0) is 61.4 Å². The number of fused-ring (bicyclic) bond motifs is 3. The molecule has 6 heteroatoms. The SMILES string of the molecule is Cc1cc(C)cc(-c2cc(C=Cc3ccccc3OC(F)F)c(C#N)c3nc4ccccc4n23)c1. The average molecular weight is 466 g/mol. The lowest BCUT2D eigenvalue weighted by atomic mass is 10.0. The van der Waals surface area contributed by atoms with Crippen molar-refractivity contribution in [2.24, 2.45) is 0 Å². The van der Waals surface area contributed by atoms with Crippen molar-refractivity contribution in [3.63, 3.8) is 0 Å². The number of benzene rings is 3. The summed E-state index contributed by atoms with van der Waals surface area (Å²) in [5.74, 6) is 0.0689. The number of rotatable bonds is 5. The van der Waals surface area contributed by atoms with E-state index in [4.69, 9.17) is 4.98 Å². The van der Waals surface area contributed by atoms with E-state index in [0.29, 0.717) is 22.3 Å². The fraction of sp³-hybridized carbons (Fsp3) is 0.103. The quantitative estimate of drug-likeness (QED) is 0.271. The third kappa shape index (κ3) is 4.24. The van der Waals surface area contributed by atoms with Gasteiger partial charge < -0.3 is 4.74 Å². The number of alkyl halides is 2. The molecule has 0 saturated carbocycles. The summed E-state index contributed by atoms with van der Waals surface area (Å²) in [7, 11) is 0. The third-order valence-corrected chi connectivity index (χ3v) is 5.81. The highest BCUT2D eigenvalue weighted by Crippen LogP contribution is 2.32. The van der Waals surface area contributed by atoms with Crippen molar-refractivity contribution in [3.8, 4) is 23.1 Å². The first kappa shape index (κ1) is 22.3. The predicted molar refractivity (Wildman–Crippen MR) is 134 cm³/mol. The van der Waals surface area contributed by atoms with Crippen LogP contribution in [-0.2, 0) is 0 Å². The monoisotopic (exact) mass is 465 g/mol. The number of aromatic nitrogens is 2. The Hall–Kier alpha value is -4.50. The molecule has 4 nitrogen and oxygen atoms in total. The van der Waals surface area contributed by atoms with Crippen molar-refractivity contribution >= 4 is 28.8 Å². The molecular formula is C29H21F2N3O. The highest BCUT2D eigenvalue weighted by molar-refractivity contribution is 5.89. The molecule has 172 valence electrons. The fourth-order valence-corrected chi connectivity index (χ4v) is 4.43. The van der Waals surface area contributed by atoms with E-state index in [-0.39, 0.29) is 5.75 Å². The first-order valence-electron chi connectivity index (χ1n) is 11.1. The van der Waals surface area contributed by atoms with Crippen LogP contribution in [0.2, 0.25) is 0 Å². The highest BCUT2D eigenvalue weighted by Gasteiger charge is 2.17. The number of halogens is 2. The molecule has 3 aromatic carbocycles. The lowest BCUT2D eigenvalue weighted by Crippen LogP contribution is -2.03. The fourth-order valence-electron chi connectivity index (χ4n) is 4.43. The predicted octanol–water partition coefficient (Wildman–Crippen LogP) is 7.41. The van der Waals surface area contributed by atoms with E-state index in [1.165, 1.54) is 6.07 Å². The number of imidazole rings is 1. The lowest BCUT2D eigenvalue weighted by Gasteiger charge is -2.13. The Kier molecular flexibility index (Phi) is 5.76. The molecule has 0 spiro atoms. The van der Waals surface area contributed by atoms with Crippen LogP contribution in [0.3, 0.4) is 0 Å². The zero-order valence-electron chi connectivity index (χ0n) is 19.2. The molecular weight excluding hydrogens is 444 g/mol. The summed E-state index contributed by atoms with van der Waals surface area (Å²) in [6.45, 7) is 1.16. The third-order valence-electron chi connectivity index (χ3n) is 5.81. The van der Waals surface area contributed by atoms with E-state index >= 15 is 0 Å². The van der Waals surface area contributed by atoms with Crippen LogP contribution in [-0.4, -0.2) is 16.0 Å². The maximum atomic E-state index is 12.9. The molecule has 0 fully saturated rings. The zero-order valence-corrected chi connectivity index (χ0v) is 19.2. The Morgan fingerprint density at radius 1 is 0.914 bits per heavy atom. The molecule has 2 heterocycles. The van der Waals surface area contributed by atoms with Crippen molar-refractivity contribution < 1.29 is 13.5 Å². The second-order valence-electron chi connectivity index (χ2n) is 8.36. The van der Waals surface area contributed by atoms with E-state index in [0.717, 1.165) is 33.4 Å². The molecule has 0 saturated heterocycles. The van der Waals surface area contributed by atoms with Gasteiger partial charge in [-0.2, -0.15) is 14.0 Å². The Morgan fingerprint density at radius 2 is 1.60 bits per heavy atom. The summed E-state index contributed by atoms with van der Waals surface area (Å²) in [6, 6.07) is 24.9. The summed E-state index contributed by atoms with van der Waals surface area (Å²) in [4.78, 5) is 4.77. The van der Waals surface area contributed by atoms with Crippen LogP contribution in [0.4, 0.5) is 8.78 Å². The molecule has 0 amide bonds. The number of aryl methyl sites for hydroxylation is 2. The molecule has 0 aliphatic rings. The Balaban J connectivity index is 1.78. The van der Waals surface area contributed by atoms with E-state index in [1.54, 1.807) is 30.4 Å². The van der Waals surface area contributed by atoms with Crippen molar-refractivity contribution in [1.29, 1.82) is 5.26 Å². The maximum absolute atomic E-state index is 12.9. The second-order valence-corrected chi connectivity index (χ2v) is 8.36. The van der Waals surface area contributed by atoms with Gasteiger partial charge >= 0.3 is 6.61 Å². The smallest absolute Gasteiger partial charge is 0.387 e. The summed E-state index contributed by atoms with van der Waals surface area (Å²) >= 11 is 0. The van der Waals surface area contributed by atoms with Crippen molar-refractivity contribution in [2.45, 2.75) is 20.5 Å². The van der Waals surface area contributed by atoms with Crippen LogP contribution >= 0.6 is 0 Å². The van der Waals surface area contributed by atoms with Crippen LogP contribution in [0, 0.1) is 25.2 Å². The van der Waals surface area contributed by atoms with E-state index in [9.17, 15) is 14.0 Å². The number of hydrogen-bond acceptors (Lipinski definition) is 3. The van der Waals surface area contributed by atoms with Crippen LogP contribution in [0.1, 0.15) is 27.8 Å². The van der Waals surface area contributed by atoms with Crippen molar-refractivity contribution in [3.05, 3.63) is 101 Å². The van der Waals surface area contributed by atoms with Gasteiger partial charge in [0.2, 0.25) is 0 Å². The molecule has 2 aromatic heterocycles.